The number of methoxy groups -OCH3 is 3. The Morgan fingerprint density at radius 3 is 1.86 bits per heavy atom. The molecule has 0 aromatic heterocycles. The van der Waals surface area contributed by atoms with Gasteiger partial charge < -0.3 is 18.9 Å². The first-order valence-corrected chi connectivity index (χ1v) is 8.99. The lowest BCUT2D eigenvalue weighted by molar-refractivity contribution is 0.104. The first-order valence-electron chi connectivity index (χ1n) is 8.99. The van der Waals surface area contributed by atoms with Gasteiger partial charge in [0.2, 0.25) is 0 Å². The first kappa shape index (κ1) is 20.0. The van der Waals surface area contributed by atoms with Crippen LogP contribution in [0.3, 0.4) is 0 Å². The highest BCUT2D eigenvalue weighted by molar-refractivity contribution is 6.07. The molecule has 3 aromatic rings. The highest BCUT2D eigenvalue weighted by Crippen LogP contribution is 2.28. The molecule has 0 aliphatic heterocycles. The lowest BCUT2D eigenvalue weighted by Gasteiger charge is -2.08. The minimum atomic E-state index is -0.121. The number of hydrogen-bond donors (Lipinski definition) is 0. The normalized spacial score (nSPS) is 10.6. The third-order valence-electron chi connectivity index (χ3n) is 4.27. The van der Waals surface area contributed by atoms with E-state index in [1.165, 1.54) is 13.2 Å². The van der Waals surface area contributed by atoms with Crippen LogP contribution in [0.25, 0.3) is 6.08 Å². The number of rotatable bonds is 8. The smallest absolute Gasteiger partial charge is 0.185 e. The van der Waals surface area contributed by atoms with Gasteiger partial charge in [-0.2, -0.15) is 0 Å². The van der Waals surface area contributed by atoms with E-state index >= 15 is 0 Å². The molecule has 0 fully saturated rings. The fourth-order valence-corrected chi connectivity index (χ4v) is 2.68. The van der Waals surface area contributed by atoms with Gasteiger partial charge in [-0.25, -0.2) is 0 Å². The van der Waals surface area contributed by atoms with E-state index in [0.717, 1.165) is 17.1 Å². The second-order valence-electron chi connectivity index (χ2n) is 6.11. The van der Waals surface area contributed by atoms with Crippen LogP contribution in [0.15, 0.2) is 72.8 Å². The molecular weight excluding hydrogens is 368 g/mol. The second kappa shape index (κ2) is 9.46. The lowest BCUT2D eigenvalue weighted by Crippen LogP contribution is -1.97. The number of allylic oxidation sites excluding steroid dienone is 1. The summed E-state index contributed by atoms with van der Waals surface area (Å²) in [4.78, 5) is 12.4. The van der Waals surface area contributed by atoms with Gasteiger partial charge in [-0.1, -0.05) is 18.2 Å². The van der Waals surface area contributed by atoms with E-state index < -0.39 is 0 Å². The van der Waals surface area contributed by atoms with Gasteiger partial charge in [0.1, 0.15) is 17.2 Å². The number of carbonyl (C=O) groups excluding carboxylic acids is 1. The van der Waals surface area contributed by atoms with Crippen LogP contribution in [0, 0.1) is 0 Å². The zero-order valence-corrected chi connectivity index (χ0v) is 16.5. The molecule has 148 valence electrons. The molecule has 0 unspecified atom stereocenters. The van der Waals surface area contributed by atoms with Crippen LogP contribution in [0.2, 0.25) is 0 Å². The maximum Gasteiger partial charge on any atom is 0.185 e. The summed E-state index contributed by atoms with van der Waals surface area (Å²) < 4.78 is 21.4. The average Bonchev–Trinajstić information content (AvgIpc) is 2.78. The Morgan fingerprint density at radius 1 is 0.690 bits per heavy atom. The molecule has 3 rings (SSSR count). The number of ketones is 1. The van der Waals surface area contributed by atoms with Gasteiger partial charge in [-0.15, -0.1) is 0 Å². The molecule has 0 saturated carbocycles. The molecule has 0 atom stereocenters. The van der Waals surface area contributed by atoms with Crippen molar-refractivity contribution in [1.82, 2.24) is 0 Å². The minimum absolute atomic E-state index is 0.121. The van der Waals surface area contributed by atoms with Crippen molar-refractivity contribution in [2.45, 2.75) is 0 Å². The zero-order chi connectivity index (χ0) is 20.6. The predicted octanol–water partition coefficient (Wildman–Crippen LogP) is 5.40. The quantitative estimate of drug-likeness (QED) is 0.381. The molecule has 0 N–H and O–H groups in total. The molecule has 0 spiro atoms. The monoisotopic (exact) mass is 390 g/mol. The van der Waals surface area contributed by atoms with Gasteiger partial charge in [-0.05, 0) is 66.2 Å². The van der Waals surface area contributed by atoms with E-state index in [1.807, 2.05) is 48.5 Å². The fraction of sp³-hybridized carbons (Fsp3) is 0.125. The molecule has 3 aromatic carbocycles. The summed E-state index contributed by atoms with van der Waals surface area (Å²) in [6, 6.07) is 19.9. The summed E-state index contributed by atoms with van der Waals surface area (Å²) in [5.74, 6) is 3.19. The van der Waals surface area contributed by atoms with Gasteiger partial charge >= 0.3 is 0 Å². The van der Waals surface area contributed by atoms with Crippen LogP contribution < -0.4 is 18.9 Å². The summed E-state index contributed by atoms with van der Waals surface area (Å²) >= 11 is 0. The third-order valence-corrected chi connectivity index (χ3v) is 4.27. The van der Waals surface area contributed by atoms with Crippen molar-refractivity contribution in [3.8, 4) is 28.7 Å². The third kappa shape index (κ3) is 5.17. The number of carbonyl (C=O) groups is 1. The predicted molar refractivity (Wildman–Crippen MR) is 112 cm³/mol. The molecule has 0 aliphatic rings. The topological polar surface area (TPSA) is 54.0 Å². The molecule has 0 bridgehead atoms. The fourth-order valence-electron chi connectivity index (χ4n) is 2.68. The molecule has 0 aliphatic carbocycles. The molecule has 5 heteroatoms. The van der Waals surface area contributed by atoms with Crippen LogP contribution in [0.1, 0.15) is 15.9 Å². The van der Waals surface area contributed by atoms with E-state index in [2.05, 4.69) is 0 Å². The van der Waals surface area contributed by atoms with Crippen molar-refractivity contribution < 1.29 is 23.7 Å². The van der Waals surface area contributed by atoms with Gasteiger partial charge in [0.25, 0.3) is 0 Å². The summed E-state index contributed by atoms with van der Waals surface area (Å²) in [6.45, 7) is 0. The van der Waals surface area contributed by atoms with Gasteiger partial charge in [0.05, 0.1) is 21.3 Å². The van der Waals surface area contributed by atoms with Crippen molar-refractivity contribution >= 4 is 11.9 Å². The SMILES string of the molecule is COc1ccc(Oc2ccc(/C=C/C(=O)c3ccc(OC)c(OC)c3)cc2)cc1. The Bertz CT molecular complexity index is 989. The molecule has 0 saturated heterocycles. The summed E-state index contributed by atoms with van der Waals surface area (Å²) in [5, 5.41) is 0. The Kier molecular flexibility index (Phi) is 6.53. The molecule has 5 nitrogen and oxygen atoms in total. The van der Waals surface area contributed by atoms with Crippen molar-refractivity contribution in [3.63, 3.8) is 0 Å². The average molecular weight is 390 g/mol. The van der Waals surface area contributed by atoms with E-state index in [9.17, 15) is 4.79 Å². The van der Waals surface area contributed by atoms with E-state index in [1.54, 1.807) is 38.5 Å². The van der Waals surface area contributed by atoms with Crippen LogP contribution in [0.5, 0.6) is 28.7 Å². The van der Waals surface area contributed by atoms with E-state index in [0.29, 0.717) is 22.8 Å². The number of hydrogen-bond acceptors (Lipinski definition) is 5. The Morgan fingerprint density at radius 2 is 1.28 bits per heavy atom. The molecular formula is C24H22O5. The summed E-state index contributed by atoms with van der Waals surface area (Å²) in [6.07, 6.45) is 3.29. The summed E-state index contributed by atoms with van der Waals surface area (Å²) in [7, 11) is 4.72. The van der Waals surface area contributed by atoms with Crippen LogP contribution in [-0.2, 0) is 0 Å². The Labute approximate surface area is 170 Å². The number of ether oxygens (including phenoxy) is 4. The van der Waals surface area contributed by atoms with Crippen molar-refractivity contribution in [2.75, 3.05) is 21.3 Å². The molecule has 0 heterocycles. The second-order valence-corrected chi connectivity index (χ2v) is 6.11. The van der Waals surface area contributed by atoms with Gasteiger partial charge in [0.15, 0.2) is 17.3 Å². The minimum Gasteiger partial charge on any atom is -0.497 e. The maximum atomic E-state index is 12.4. The molecule has 29 heavy (non-hydrogen) atoms. The zero-order valence-electron chi connectivity index (χ0n) is 16.5. The van der Waals surface area contributed by atoms with E-state index in [4.69, 9.17) is 18.9 Å². The van der Waals surface area contributed by atoms with Gasteiger partial charge in [-0.3, -0.25) is 4.79 Å². The van der Waals surface area contributed by atoms with Crippen LogP contribution in [-0.4, -0.2) is 27.1 Å². The highest BCUT2D eigenvalue weighted by Gasteiger charge is 2.08. The maximum absolute atomic E-state index is 12.4. The van der Waals surface area contributed by atoms with Crippen molar-refractivity contribution in [2.24, 2.45) is 0 Å². The van der Waals surface area contributed by atoms with Crippen LogP contribution >= 0.6 is 0 Å². The lowest BCUT2D eigenvalue weighted by atomic mass is 10.1. The highest BCUT2D eigenvalue weighted by atomic mass is 16.5. The van der Waals surface area contributed by atoms with Gasteiger partial charge in [0, 0.05) is 5.56 Å². The van der Waals surface area contributed by atoms with E-state index in [-0.39, 0.29) is 5.78 Å². The molecule has 0 amide bonds. The van der Waals surface area contributed by atoms with Crippen molar-refractivity contribution in [1.29, 1.82) is 0 Å². The van der Waals surface area contributed by atoms with Crippen LogP contribution in [0.4, 0.5) is 0 Å². The Hall–Kier alpha value is -3.73. The van der Waals surface area contributed by atoms with Crippen molar-refractivity contribution in [3.05, 3.63) is 83.9 Å². The standard InChI is InChI=1S/C24H22O5/c1-26-19-10-12-21(13-11-19)29-20-8-4-17(5-9-20)6-14-22(25)18-7-15-23(27-2)24(16-18)28-3/h4-16H,1-3H3/b14-6+. The number of benzene rings is 3. The largest absolute Gasteiger partial charge is 0.497 e. The Balaban J connectivity index is 1.65. The summed E-state index contributed by atoms with van der Waals surface area (Å²) in [5.41, 5.74) is 1.42. The first-order chi connectivity index (χ1) is 14.1. The molecule has 0 radical (unpaired) electrons.